The molecular formula is C28H27ClN4O4. The largest absolute Gasteiger partial charge is 0.436 e. The molecule has 1 aliphatic heterocycles. The molecule has 1 aromatic heterocycles. The van der Waals surface area contributed by atoms with E-state index in [9.17, 15) is 14.9 Å². The number of aryl methyl sites for hydroxylation is 2. The van der Waals surface area contributed by atoms with Crippen molar-refractivity contribution < 1.29 is 14.1 Å². The first-order chi connectivity index (χ1) is 17.7. The number of oxazole rings is 1. The molecule has 0 radical (unpaired) electrons. The van der Waals surface area contributed by atoms with Gasteiger partial charge in [-0.05, 0) is 80.1 Å². The van der Waals surface area contributed by atoms with Crippen molar-refractivity contribution in [2.75, 3.05) is 23.3 Å². The van der Waals surface area contributed by atoms with Crippen molar-refractivity contribution in [3.63, 3.8) is 0 Å². The number of aromatic nitrogens is 1. The Bertz CT molecular complexity index is 1520. The molecule has 3 aromatic carbocycles. The van der Waals surface area contributed by atoms with Crippen LogP contribution >= 0.6 is 11.6 Å². The molecule has 0 aliphatic carbocycles. The van der Waals surface area contributed by atoms with Crippen LogP contribution in [0, 0.1) is 29.9 Å². The Kier molecular flexibility index (Phi) is 6.60. The van der Waals surface area contributed by atoms with Crippen LogP contribution in [0.4, 0.5) is 17.1 Å². The Morgan fingerprint density at radius 3 is 2.62 bits per heavy atom. The molecule has 190 valence electrons. The summed E-state index contributed by atoms with van der Waals surface area (Å²) in [6.45, 7) is 7.66. The molecule has 37 heavy (non-hydrogen) atoms. The van der Waals surface area contributed by atoms with Crippen LogP contribution in [0.5, 0.6) is 0 Å². The number of amides is 1. The average molecular weight is 519 g/mol. The van der Waals surface area contributed by atoms with Crippen LogP contribution in [-0.4, -0.2) is 28.9 Å². The third-order valence-electron chi connectivity index (χ3n) is 6.83. The van der Waals surface area contributed by atoms with Crippen LogP contribution in [0.25, 0.3) is 22.6 Å². The molecule has 0 spiro atoms. The summed E-state index contributed by atoms with van der Waals surface area (Å²) in [5.41, 5.74) is 5.13. The highest BCUT2D eigenvalue weighted by atomic mass is 35.5. The SMILES string of the molecule is Cc1cc(C)c2oc(-c3cc(NC(=O)c4ccc(N5CCC(C)CC5)c([N+](=O)[O-])c4)ccc3Cl)nc2c1. The van der Waals surface area contributed by atoms with Crippen LogP contribution in [0.1, 0.15) is 41.3 Å². The molecule has 1 aliphatic rings. The number of hydrogen-bond donors (Lipinski definition) is 1. The highest BCUT2D eigenvalue weighted by molar-refractivity contribution is 6.33. The zero-order valence-electron chi connectivity index (χ0n) is 20.9. The third-order valence-corrected chi connectivity index (χ3v) is 7.16. The first kappa shape index (κ1) is 24.8. The van der Waals surface area contributed by atoms with Gasteiger partial charge in [-0.25, -0.2) is 4.98 Å². The molecule has 9 heteroatoms. The van der Waals surface area contributed by atoms with Crippen molar-refractivity contribution in [1.82, 2.24) is 4.98 Å². The number of fused-ring (bicyclic) bond motifs is 1. The van der Waals surface area contributed by atoms with Gasteiger partial charge in [0.1, 0.15) is 11.2 Å². The molecule has 1 fully saturated rings. The Balaban J connectivity index is 1.41. The van der Waals surface area contributed by atoms with Crippen molar-refractivity contribution >= 4 is 45.7 Å². The predicted octanol–water partition coefficient (Wildman–Crippen LogP) is 7.16. The monoisotopic (exact) mass is 518 g/mol. The topological polar surface area (TPSA) is 102 Å². The van der Waals surface area contributed by atoms with Crippen LogP contribution in [0.3, 0.4) is 0 Å². The minimum atomic E-state index is -0.459. The van der Waals surface area contributed by atoms with Gasteiger partial charge in [0.25, 0.3) is 11.6 Å². The van der Waals surface area contributed by atoms with Gasteiger partial charge in [0, 0.05) is 30.4 Å². The molecule has 1 saturated heterocycles. The normalized spacial score (nSPS) is 14.2. The number of anilines is 2. The lowest BCUT2D eigenvalue weighted by Gasteiger charge is -2.31. The van der Waals surface area contributed by atoms with Crippen molar-refractivity contribution in [2.45, 2.75) is 33.6 Å². The van der Waals surface area contributed by atoms with E-state index in [1.165, 1.54) is 6.07 Å². The molecular weight excluding hydrogens is 492 g/mol. The zero-order chi connectivity index (χ0) is 26.3. The van der Waals surface area contributed by atoms with Gasteiger partial charge in [0.2, 0.25) is 5.89 Å². The summed E-state index contributed by atoms with van der Waals surface area (Å²) in [6.07, 6.45) is 1.97. The summed E-state index contributed by atoms with van der Waals surface area (Å²) in [6, 6.07) is 13.6. The summed E-state index contributed by atoms with van der Waals surface area (Å²) in [5.74, 6) is 0.493. The Morgan fingerprint density at radius 2 is 1.89 bits per heavy atom. The number of nitro benzene ring substituents is 1. The number of halogens is 1. The van der Waals surface area contributed by atoms with Crippen LogP contribution in [0.15, 0.2) is 52.9 Å². The van der Waals surface area contributed by atoms with Crippen molar-refractivity contribution in [3.05, 3.63) is 80.4 Å². The summed E-state index contributed by atoms with van der Waals surface area (Å²) in [4.78, 5) is 31.1. The number of hydrogen-bond acceptors (Lipinski definition) is 6. The highest BCUT2D eigenvalue weighted by Gasteiger charge is 2.25. The summed E-state index contributed by atoms with van der Waals surface area (Å²) in [5, 5.41) is 15.1. The van der Waals surface area contributed by atoms with Gasteiger partial charge >= 0.3 is 0 Å². The molecule has 0 unspecified atom stereocenters. The Morgan fingerprint density at radius 1 is 1.14 bits per heavy atom. The maximum absolute atomic E-state index is 13.1. The smallest absolute Gasteiger partial charge is 0.293 e. The number of rotatable bonds is 5. The van der Waals surface area contributed by atoms with Gasteiger partial charge in [-0.15, -0.1) is 0 Å². The predicted molar refractivity (Wildman–Crippen MR) is 146 cm³/mol. The fourth-order valence-electron chi connectivity index (χ4n) is 4.79. The molecule has 4 aromatic rings. The average Bonchev–Trinajstić information content (AvgIpc) is 3.29. The highest BCUT2D eigenvalue weighted by Crippen LogP contribution is 2.35. The first-order valence-corrected chi connectivity index (χ1v) is 12.6. The Labute approximate surface area is 219 Å². The number of nitrogens with zero attached hydrogens (tertiary/aromatic N) is 3. The second kappa shape index (κ2) is 9.86. The fraction of sp³-hybridized carbons (Fsp3) is 0.286. The van der Waals surface area contributed by atoms with E-state index in [0.29, 0.717) is 39.4 Å². The lowest BCUT2D eigenvalue weighted by Crippen LogP contribution is -2.33. The molecule has 2 heterocycles. The summed E-state index contributed by atoms with van der Waals surface area (Å²) < 4.78 is 6.00. The number of carbonyl (C=O) groups is 1. The molecule has 1 amide bonds. The van der Waals surface area contributed by atoms with Gasteiger partial charge in [-0.1, -0.05) is 24.6 Å². The summed E-state index contributed by atoms with van der Waals surface area (Å²) in [7, 11) is 0. The van der Waals surface area contributed by atoms with Gasteiger partial charge in [0.15, 0.2) is 5.58 Å². The van der Waals surface area contributed by atoms with Gasteiger partial charge < -0.3 is 14.6 Å². The number of piperidine rings is 1. The van der Waals surface area contributed by atoms with E-state index in [0.717, 1.165) is 42.6 Å². The van der Waals surface area contributed by atoms with Crippen molar-refractivity contribution in [2.24, 2.45) is 5.92 Å². The molecule has 8 nitrogen and oxygen atoms in total. The van der Waals surface area contributed by atoms with E-state index in [1.54, 1.807) is 30.3 Å². The van der Waals surface area contributed by atoms with E-state index in [4.69, 9.17) is 16.0 Å². The van der Waals surface area contributed by atoms with E-state index < -0.39 is 10.8 Å². The molecule has 5 rings (SSSR count). The lowest BCUT2D eigenvalue weighted by molar-refractivity contribution is -0.384. The fourth-order valence-corrected chi connectivity index (χ4v) is 4.99. The molecule has 0 saturated carbocycles. The van der Waals surface area contributed by atoms with Gasteiger partial charge in [-0.3, -0.25) is 14.9 Å². The van der Waals surface area contributed by atoms with E-state index in [-0.39, 0.29) is 11.3 Å². The Hall–Kier alpha value is -3.91. The van der Waals surface area contributed by atoms with E-state index in [1.807, 2.05) is 30.9 Å². The number of benzene rings is 3. The van der Waals surface area contributed by atoms with Crippen LogP contribution in [-0.2, 0) is 0 Å². The standard InChI is InChI=1S/C28H27ClN4O4/c1-16-8-10-32(11-9-16)24-7-4-19(14-25(24)33(35)36)27(34)30-20-5-6-22(29)21(15-20)28-31-23-13-17(2)12-18(3)26(23)37-28/h4-7,12-16H,8-11H2,1-3H3,(H,30,34). The lowest BCUT2D eigenvalue weighted by atomic mass is 9.98. The molecule has 0 atom stereocenters. The van der Waals surface area contributed by atoms with Gasteiger partial charge in [0.05, 0.1) is 15.5 Å². The van der Waals surface area contributed by atoms with E-state index >= 15 is 0 Å². The summed E-state index contributed by atoms with van der Waals surface area (Å²) >= 11 is 6.45. The maximum Gasteiger partial charge on any atom is 0.293 e. The second-order valence-electron chi connectivity index (χ2n) is 9.73. The van der Waals surface area contributed by atoms with Gasteiger partial charge in [-0.2, -0.15) is 0 Å². The van der Waals surface area contributed by atoms with Crippen LogP contribution in [0.2, 0.25) is 5.02 Å². The first-order valence-electron chi connectivity index (χ1n) is 12.2. The van der Waals surface area contributed by atoms with Crippen LogP contribution < -0.4 is 10.2 Å². The maximum atomic E-state index is 13.1. The van der Waals surface area contributed by atoms with Crippen molar-refractivity contribution in [3.8, 4) is 11.5 Å². The second-order valence-corrected chi connectivity index (χ2v) is 10.1. The number of nitro groups is 1. The molecule has 1 N–H and O–H groups in total. The minimum absolute atomic E-state index is 0.0730. The van der Waals surface area contributed by atoms with E-state index in [2.05, 4.69) is 17.2 Å². The third kappa shape index (κ3) is 5.02. The quantitative estimate of drug-likeness (QED) is 0.222. The number of nitrogens with one attached hydrogen (secondary N) is 1. The zero-order valence-corrected chi connectivity index (χ0v) is 21.6. The minimum Gasteiger partial charge on any atom is -0.436 e. The number of carbonyl (C=O) groups excluding carboxylic acids is 1. The van der Waals surface area contributed by atoms with Crippen molar-refractivity contribution in [1.29, 1.82) is 0 Å². The molecule has 0 bridgehead atoms.